The van der Waals surface area contributed by atoms with E-state index in [4.69, 9.17) is 25.8 Å². The van der Waals surface area contributed by atoms with Gasteiger partial charge in [0.05, 0.1) is 17.7 Å². The molecule has 0 aromatic carbocycles. The molecule has 2 amide bonds. The Morgan fingerprint density at radius 3 is 2.48 bits per heavy atom. The number of esters is 2. The average Bonchev–Trinajstić information content (AvgIpc) is 2.92. The van der Waals surface area contributed by atoms with Crippen molar-refractivity contribution in [3.05, 3.63) is 12.3 Å². The molecular formula is C18H26ClFN2O7. The lowest BCUT2D eigenvalue weighted by molar-refractivity contribution is -0.177. The van der Waals surface area contributed by atoms with Crippen LogP contribution in [0.15, 0.2) is 12.3 Å². The minimum absolute atomic E-state index is 0.368. The van der Waals surface area contributed by atoms with Gasteiger partial charge in [-0.3, -0.25) is 14.5 Å². The second-order valence-corrected chi connectivity index (χ2v) is 7.84. The van der Waals surface area contributed by atoms with E-state index < -0.39 is 66.7 Å². The highest BCUT2D eigenvalue weighted by molar-refractivity contribution is 6.18. The van der Waals surface area contributed by atoms with E-state index in [1.165, 1.54) is 6.08 Å². The average molecular weight is 437 g/mol. The van der Waals surface area contributed by atoms with Crippen LogP contribution in [0, 0.1) is 11.8 Å². The van der Waals surface area contributed by atoms with Gasteiger partial charge in [0.25, 0.3) is 0 Å². The maximum atomic E-state index is 15.4. The lowest BCUT2D eigenvalue weighted by Crippen LogP contribution is -2.52. The van der Waals surface area contributed by atoms with Crippen LogP contribution in [0.5, 0.6) is 0 Å². The third-order valence-corrected chi connectivity index (χ3v) is 4.97. The van der Waals surface area contributed by atoms with Crippen LogP contribution in [0.25, 0.3) is 0 Å². The summed E-state index contributed by atoms with van der Waals surface area (Å²) in [7, 11) is 0. The first kappa shape index (κ1) is 23.4. The van der Waals surface area contributed by atoms with E-state index in [-0.39, 0.29) is 5.88 Å². The van der Waals surface area contributed by atoms with E-state index in [1.807, 2.05) is 0 Å². The molecule has 0 aromatic rings. The molecule has 1 unspecified atom stereocenters. The number of hydrogen-bond donors (Lipinski definition) is 2. The summed E-state index contributed by atoms with van der Waals surface area (Å²) in [6.45, 7) is 5.92. The van der Waals surface area contributed by atoms with Crippen molar-refractivity contribution in [1.29, 1.82) is 0 Å². The molecule has 0 radical (unpaired) electrons. The molecule has 9 nitrogen and oxygen atoms in total. The van der Waals surface area contributed by atoms with Crippen LogP contribution < -0.4 is 5.32 Å². The molecular weight excluding hydrogens is 411 g/mol. The molecule has 0 saturated carbocycles. The fourth-order valence-corrected chi connectivity index (χ4v) is 3.06. The number of carbonyl (C=O) groups excluding carboxylic acids is 3. The van der Waals surface area contributed by atoms with E-state index in [1.54, 1.807) is 27.7 Å². The zero-order valence-corrected chi connectivity index (χ0v) is 17.4. The predicted octanol–water partition coefficient (Wildman–Crippen LogP) is 1.28. The Kier molecular flexibility index (Phi) is 7.47. The number of amides is 2. The van der Waals surface area contributed by atoms with Crippen LogP contribution in [-0.2, 0) is 23.8 Å². The molecule has 1 fully saturated rings. The second-order valence-electron chi connectivity index (χ2n) is 7.57. The molecule has 2 aliphatic rings. The lowest BCUT2D eigenvalue weighted by Gasteiger charge is -2.33. The van der Waals surface area contributed by atoms with Crippen molar-refractivity contribution in [2.24, 2.45) is 11.8 Å². The molecule has 2 aliphatic heterocycles. The Hall–Kier alpha value is -1.91. The molecule has 1 saturated heterocycles. The van der Waals surface area contributed by atoms with E-state index in [0.29, 0.717) is 0 Å². The summed E-state index contributed by atoms with van der Waals surface area (Å²) < 4.78 is 31.6. The van der Waals surface area contributed by atoms with Crippen LogP contribution in [0.4, 0.5) is 9.18 Å². The Morgan fingerprint density at radius 1 is 1.34 bits per heavy atom. The number of rotatable bonds is 7. The smallest absolute Gasteiger partial charge is 0.325 e. The summed E-state index contributed by atoms with van der Waals surface area (Å²) in [5, 5.41) is 11.7. The molecule has 2 rings (SSSR count). The SMILES string of the molecule is CC(C)C(=O)OC[C@@]1(CCl)O[C@@H](N2C=CC(O)NC2=O)[C@H](F)[C@@H]1OC(=O)C(C)C. The van der Waals surface area contributed by atoms with E-state index >= 15 is 4.39 Å². The number of nitrogens with one attached hydrogen (secondary N) is 1. The van der Waals surface area contributed by atoms with Crippen molar-refractivity contribution in [2.75, 3.05) is 12.5 Å². The monoisotopic (exact) mass is 436 g/mol. The molecule has 2 N–H and O–H groups in total. The van der Waals surface area contributed by atoms with E-state index in [0.717, 1.165) is 11.1 Å². The molecule has 0 bridgehead atoms. The minimum atomic E-state index is -1.99. The number of alkyl halides is 2. The summed E-state index contributed by atoms with van der Waals surface area (Å²) in [6.07, 6.45) is -3.87. The van der Waals surface area contributed by atoms with Crippen molar-refractivity contribution in [1.82, 2.24) is 10.2 Å². The first-order chi connectivity index (χ1) is 13.5. The van der Waals surface area contributed by atoms with Crippen molar-refractivity contribution in [2.45, 2.75) is 58.0 Å². The summed E-state index contributed by atoms with van der Waals surface area (Å²) in [5.74, 6) is -2.63. The highest BCUT2D eigenvalue weighted by Gasteiger charge is 2.61. The van der Waals surface area contributed by atoms with Crippen LogP contribution in [0.2, 0.25) is 0 Å². The molecule has 0 spiro atoms. The third kappa shape index (κ3) is 4.99. The second kappa shape index (κ2) is 9.27. The first-order valence-electron chi connectivity index (χ1n) is 9.22. The molecule has 11 heteroatoms. The molecule has 5 atom stereocenters. The quantitative estimate of drug-likeness (QED) is 0.456. The van der Waals surface area contributed by atoms with Gasteiger partial charge in [0.1, 0.15) is 12.8 Å². The number of urea groups is 1. The van der Waals surface area contributed by atoms with Gasteiger partial charge in [-0.05, 0) is 6.08 Å². The summed E-state index contributed by atoms with van der Waals surface area (Å²) in [5.41, 5.74) is -1.70. The van der Waals surface area contributed by atoms with Crippen molar-refractivity contribution in [3.8, 4) is 0 Å². The van der Waals surface area contributed by atoms with Crippen LogP contribution in [0.3, 0.4) is 0 Å². The summed E-state index contributed by atoms with van der Waals surface area (Å²) >= 11 is 6.06. The molecule has 0 aliphatic carbocycles. The fourth-order valence-electron chi connectivity index (χ4n) is 2.77. The number of nitrogens with zero attached hydrogens (tertiary/aromatic N) is 1. The van der Waals surface area contributed by atoms with Crippen molar-refractivity contribution < 1.29 is 38.1 Å². The zero-order valence-electron chi connectivity index (χ0n) is 16.6. The number of aliphatic hydroxyl groups excluding tert-OH is 1. The highest BCUT2D eigenvalue weighted by atomic mass is 35.5. The first-order valence-corrected chi connectivity index (χ1v) is 9.76. The van der Waals surface area contributed by atoms with Gasteiger partial charge < -0.3 is 24.6 Å². The van der Waals surface area contributed by atoms with Gasteiger partial charge in [0.15, 0.2) is 24.1 Å². The number of carbonyl (C=O) groups is 3. The van der Waals surface area contributed by atoms with Crippen LogP contribution in [0.1, 0.15) is 27.7 Å². The number of aliphatic hydroxyl groups is 1. The van der Waals surface area contributed by atoms with Gasteiger partial charge in [0, 0.05) is 6.20 Å². The number of ether oxygens (including phenoxy) is 3. The number of hydrogen-bond acceptors (Lipinski definition) is 7. The van der Waals surface area contributed by atoms with Gasteiger partial charge in [-0.15, -0.1) is 11.6 Å². The van der Waals surface area contributed by atoms with Crippen molar-refractivity contribution in [3.63, 3.8) is 0 Å². The largest absolute Gasteiger partial charge is 0.462 e. The summed E-state index contributed by atoms with van der Waals surface area (Å²) in [6, 6.07) is -0.814. The lowest BCUT2D eigenvalue weighted by atomic mass is 9.98. The van der Waals surface area contributed by atoms with Gasteiger partial charge >= 0.3 is 18.0 Å². The maximum absolute atomic E-state index is 15.4. The Morgan fingerprint density at radius 2 is 1.97 bits per heavy atom. The molecule has 29 heavy (non-hydrogen) atoms. The predicted molar refractivity (Wildman–Crippen MR) is 99.3 cm³/mol. The van der Waals surface area contributed by atoms with Gasteiger partial charge in [0.2, 0.25) is 0 Å². The van der Waals surface area contributed by atoms with Gasteiger partial charge in [-0.2, -0.15) is 0 Å². The normalized spacial score (nSPS) is 31.9. The van der Waals surface area contributed by atoms with Crippen LogP contribution in [-0.4, -0.2) is 70.8 Å². The Labute approximate surface area is 173 Å². The fraction of sp³-hybridized carbons (Fsp3) is 0.722. The standard InChI is InChI=1S/C18H26ClFN2O7/c1-9(2)15(24)27-8-18(7-19)13(28-16(25)10(3)4)12(20)14(29-18)22-6-5-11(23)21-17(22)26/h5-6,9-14,23H,7-8H2,1-4H3,(H,21,26)/t11?,12-,13+,14-,18-/m1/s1. The van der Waals surface area contributed by atoms with E-state index in [9.17, 15) is 19.5 Å². The molecule has 0 aromatic heterocycles. The van der Waals surface area contributed by atoms with E-state index in [2.05, 4.69) is 5.32 Å². The summed E-state index contributed by atoms with van der Waals surface area (Å²) in [4.78, 5) is 37.1. The molecule has 164 valence electrons. The Bertz CT molecular complexity index is 675. The maximum Gasteiger partial charge on any atom is 0.325 e. The topological polar surface area (TPSA) is 114 Å². The molecule has 2 heterocycles. The minimum Gasteiger partial charge on any atom is -0.462 e. The highest BCUT2D eigenvalue weighted by Crippen LogP contribution is 2.39. The van der Waals surface area contributed by atoms with Crippen LogP contribution >= 0.6 is 11.6 Å². The Balaban J connectivity index is 2.33. The van der Waals surface area contributed by atoms with Gasteiger partial charge in [-0.1, -0.05) is 27.7 Å². The third-order valence-electron chi connectivity index (χ3n) is 4.52. The zero-order chi connectivity index (χ0) is 21.9. The van der Waals surface area contributed by atoms with Crippen molar-refractivity contribution >= 4 is 29.6 Å². The van der Waals surface area contributed by atoms with Gasteiger partial charge in [-0.25, -0.2) is 9.18 Å². The number of halogens is 2.